The van der Waals surface area contributed by atoms with Gasteiger partial charge in [0.15, 0.2) is 5.13 Å². The van der Waals surface area contributed by atoms with Crippen LogP contribution in [0.2, 0.25) is 0 Å². The van der Waals surface area contributed by atoms with Gasteiger partial charge in [-0.25, -0.2) is 4.98 Å². The van der Waals surface area contributed by atoms with E-state index in [1.54, 1.807) is 18.4 Å². The molecule has 0 aliphatic carbocycles. The van der Waals surface area contributed by atoms with E-state index in [0.29, 0.717) is 12.6 Å². The van der Waals surface area contributed by atoms with E-state index in [9.17, 15) is 0 Å². The first-order valence-electron chi connectivity index (χ1n) is 8.14. The highest BCUT2D eigenvalue weighted by Gasteiger charge is 2.25. The number of hydrogen-bond donors (Lipinski definition) is 1. The normalized spacial score (nSPS) is 17.6. The molecule has 1 saturated heterocycles. The van der Waals surface area contributed by atoms with Gasteiger partial charge in [0.05, 0.1) is 18.3 Å². The second-order valence-corrected chi connectivity index (χ2v) is 6.99. The summed E-state index contributed by atoms with van der Waals surface area (Å²) in [5.74, 6) is 1.90. The minimum atomic E-state index is 0.118. The molecule has 126 valence electrons. The summed E-state index contributed by atoms with van der Waals surface area (Å²) in [5, 5.41) is 6.97. The van der Waals surface area contributed by atoms with Crippen molar-refractivity contribution in [2.45, 2.75) is 38.8 Å². The Morgan fingerprint density at radius 3 is 2.74 bits per heavy atom. The second-order valence-electron chi connectivity index (χ2n) is 6.16. The number of anilines is 1. The van der Waals surface area contributed by atoms with E-state index in [-0.39, 0.29) is 6.04 Å². The summed E-state index contributed by atoms with van der Waals surface area (Å²) >= 11 is 1.74. The number of nitrogens with zero attached hydrogens (tertiary/aromatic N) is 2. The number of aromatic nitrogens is 1. The van der Waals surface area contributed by atoms with Crippen molar-refractivity contribution >= 4 is 16.5 Å². The molecule has 6 heteroatoms. The molecule has 0 amide bonds. The Balaban J connectivity index is 1.56. The maximum absolute atomic E-state index is 5.77. The number of nitrogens with one attached hydrogen (secondary N) is 1. The first kappa shape index (κ1) is 16.5. The van der Waals surface area contributed by atoms with Gasteiger partial charge in [-0.1, -0.05) is 0 Å². The second kappa shape index (κ2) is 7.47. The zero-order valence-electron chi connectivity index (χ0n) is 14.0. The molecule has 3 rings (SSSR count). The smallest absolute Gasteiger partial charge is 0.185 e. The van der Waals surface area contributed by atoms with E-state index in [1.165, 1.54) is 0 Å². The van der Waals surface area contributed by atoms with Crippen molar-refractivity contribution in [2.75, 3.05) is 31.7 Å². The number of aryl methyl sites for hydroxylation is 2. The van der Waals surface area contributed by atoms with Crippen molar-refractivity contribution in [1.82, 2.24) is 10.3 Å². The monoisotopic (exact) mass is 335 g/mol. The average Bonchev–Trinajstić information content (AvgIpc) is 3.16. The van der Waals surface area contributed by atoms with Gasteiger partial charge in [-0.05, 0) is 38.8 Å². The Hall–Kier alpha value is -1.37. The number of piperidine rings is 1. The van der Waals surface area contributed by atoms with Crippen LogP contribution in [0.1, 0.15) is 36.1 Å². The third-order valence-corrected chi connectivity index (χ3v) is 5.27. The van der Waals surface area contributed by atoms with Gasteiger partial charge < -0.3 is 19.4 Å². The fraction of sp³-hybridized carbons (Fsp3) is 0.588. The molecule has 0 aromatic carbocycles. The van der Waals surface area contributed by atoms with E-state index in [0.717, 1.165) is 48.3 Å². The lowest BCUT2D eigenvalue weighted by Crippen LogP contribution is -2.44. The van der Waals surface area contributed by atoms with E-state index < -0.39 is 0 Å². The number of rotatable bonds is 6. The van der Waals surface area contributed by atoms with Gasteiger partial charge >= 0.3 is 0 Å². The third kappa shape index (κ3) is 4.13. The standard InChI is InChI=1S/C17H25N3O2S/c1-12-11-23-17(18-12)20-8-6-14(7-9-20)19-15(10-21-3)16-5-4-13(2)22-16/h4-5,11,14-15,19H,6-10H2,1-3H3. The zero-order valence-corrected chi connectivity index (χ0v) is 14.9. The summed E-state index contributed by atoms with van der Waals surface area (Å²) < 4.78 is 11.1. The largest absolute Gasteiger partial charge is 0.465 e. The van der Waals surface area contributed by atoms with Crippen LogP contribution in [0.5, 0.6) is 0 Å². The lowest BCUT2D eigenvalue weighted by Gasteiger charge is -2.34. The summed E-state index contributed by atoms with van der Waals surface area (Å²) in [6.07, 6.45) is 2.22. The summed E-state index contributed by atoms with van der Waals surface area (Å²) in [6, 6.07) is 4.65. The Morgan fingerprint density at radius 1 is 1.39 bits per heavy atom. The van der Waals surface area contributed by atoms with Crippen molar-refractivity contribution in [3.63, 3.8) is 0 Å². The van der Waals surface area contributed by atoms with Crippen molar-refractivity contribution < 1.29 is 9.15 Å². The fourth-order valence-electron chi connectivity index (χ4n) is 3.03. The van der Waals surface area contributed by atoms with E-state index >= 15 is 0 Å². The summed E-state index contributed by atoms with van der Waals surface area (Å²) in [6.45, 7) is 6.73. The molecule has 5 nitrogen and oxygen atoms in total. The highest BCUT2D eigenvalue weighted by Crippen LogP contribution is 2.25. The van der Waals surface area contributed by atoms with Gasteiger partial charge in [0.25, 0.3) is 0 Å². The molecule has 0 spiro atoms. The van der Waals surface area contributed by atoms with Crippen LogP contribution in [0.25, 0.3) is 0 Å². The first-order valence-corrected chi connectivity index (χ1v) is 9.02. The van der Waals surface area contributed by atoms with Crippen molar-refractivity contribution in [2.24, 2.45) is 0 Å². The lowest BCUT2D eigenvalue weighted by atomic mass is 10.0. The molecule has 23 heavy (non-hydrogen) atoms. The molecule has 1 aliphatic heterocycles. The Morgan fingerprint density at radius 2 is 2.17 bits per heavy atom. The highest BCUT2D eigenvalue weighted by atomic mass is 32.1. The van der Waals surface area contributed by atoms with Crippen LogP contribution in [0.15, 0.2) is 21.9 Å². The Bertz CT molecular complexity index is 617. The van der Waals surface area contributed by atoms with Gasteiger partial charge in [0.1, 0.15) is 11.5 Å². The van der Waals surface area contributed by atoms with Gasteiger partial charge in [-0.2, -0.15) is 0 Å². The van der Waals surface area contributed by atoms with Crippen LogP contribution < -0.4 is 10.2 Å². The van der Waals surface area contributed by atoms with Crippen LogP contribution in [-0.4, -0.2) is 37.8 Å². The van der Waals surface area contributed by atoms with Gasteiger partial charge in [0, 0.05) is 31.6 Å². The number of furan rings is 1. The lowest BCUT2D eigenvalue weighted by molar-refractivity contribution is 0.147. The number of methoxy groups -OCH3 is 1. The van der Waals surface area contributed by atoms with Crippen LogP contribution in [0, 0.1) is 13.8 Å². The van der Waals surface area contributed by atoms with Crippen molar-refractivity contribution in [3.8, 4) is 0 Å². The topological polar surface area (TPSA) is 50.5 Å². The Labute approximate surface area is 141 Å². The summed E-state index contributed by atoms with van der Waals surface area (Å²) in [7, 11) is 1.73. The van der Waals surface area contributed by atoms with Crippen LogP contribution >= 0.6 is 11.3 Å². The molecule has 1 unspecified atom stereocenters. The van der Waals surface area contributed by atoms with Crippen LogP contribution in [0.3, 0.4) is 0 Å². The summed E-state index contributed by atoms with van der Waals surface area (Å²) in [4.78, 5) is 6.98. The van der Waals surface area contributed by atoms with Gasteiger partial charge in [-0.15, -0.1) is 11.3 Å². The number of hydrogen-bond acceptors (Lipinski definition) is 6. The molecule has 0 bridgehead atoms. The molecule has 1 N–H and O–H groups in total. The van der Waals surface area contributed by atoms with Crippen molar-refractivity contribution in [1.29, 1.82) is 0 Å². The maximum Gasteiger partial charge on any atom is 0.185 e. The fourth-order valence-corrected chi connectivity index (χ4v) is 3.89. The molecular weight excluding hydrogens is 310 g/mol. The zero-order chi connectivity index (χ0) is 16.2. The first-order chi connectivity index (χ1) is 11.2. The highest BCUT2D eigenvalue weighted by molar-refractivity contribution is 7.13. The number of ether oxygens (including phenoxy) is 1. The molecule has 0 saturated carbocycles. The predicted molar refractivity (Wildman–Crippen MR) is 93.3 cm³/mol. The molecule has 3 heterocycles. The van der Waals surface area contributed by atoms with E-state index in [2.05, 4.69) is 27.5 Å². The average molecular weight is 335 g/mol. The molecule has 1 fully saturated rings. The number of thiazole rings is 1. The van der Waals surface area contributed by atoms with Gasteiger partial charge in [0.2, 0.25) is 0 Å². The predicted octanol–water partition coefficient (Wildman–Crippen LogP) is 3.30. The maximum atomic E-state index is 5.77. The quantitative estimate of drug-likeness (QED) is 0.878. The molecule has 1 aliphatic rings. The minimum absolute atomic E-state index is 0.118. The van der Waals surface area contributed by atoms with E-state index in [4.69, 9.17) is 9.15 Å². The van der Waals surface area contributed by atoms with E-state index in [1.807, 2.05) is 19.1 Å². The molecule has 1 atom stereocenters. The van der Waals surface area contributed by atoms with Crippen molar-refractivity contribution in [3.05, 3.63) is 34.7 Å². The molecule has 2 aromatic heterocycles. The minimum Gasteiger partial charge on any atom is -0.465 e. The summed E-state index contributed by atoms with van der Waals surface area (Å²) in [5.41, 5.74) is 1.11. The van der Waals surface area contributed by atoms with Gasteiger partial charge in [-0.3, -0.25) is 0 Å². The third-order valence-electron chi connectivity index (χ3n) is 4.25. The SMILES string of the molecule is COCC(NC1CCN(c2nc(C)cs2)CC1)c1ccc(C)o1. The molecule has 0 radical (unpaired) electrons. The molecular formula is C17H25N3O2S. The van der Waals surface area contributed by atoms with Crippen LogP contribution in [0.4, 0.5) is 5.13 Å². The Kier molecular flexibility index (Phi) is 5.35. The molecule has 2 aromatic rings. The van der Waals surface area contributed by atoms with Crippen LogP contribution in [-0.2, 0) is 4.74 Å².